The molecule has 2 aliphatic rings. The van der Waals surface area contributed by atoms with Crippen LogP contribution in [-0.2, 0) is 4.74 Å². The van der Waals surface area contributed by atoms with E-state index >= 15 is 0 Å². The van der Waals surface area contributed by atoms with E-state index in [1.165, 1.54) is 0 Å². The summed E-state index contributed by atoms with van der Waals surface area (Å²) in [5, 5.41) is 0. The highest BCUT2D eigenvalue weighted by molar-refractivity contribution is 9.10. The predicted octanol–water partition coefficient (Wildman–Crippen LogP) is 2.06. The Bertz CT molecular complexity index is 435. The number of amides is 1. The van der Waals surface area contributed by atoms with Crippen molar-refractivity contribution in [3.05, 3.63) is 34.3 Å². The molecular formula is C12H12BrNO2. The highest BCUT2D eigenvalue weighted by Gasteiger charge is 2.41. The Morgan fingerprint density at radius 2 is 2.25 bits per heavy atom. The van der Waals surface area contributed by atoms with E-state index in [2.05, 4.69) is 15.9 Å². The average molecular weight is 282 g/mol. The first-order valence-corrected chi connectivity index (χ1v) is 6.22. The number of hydrogen-bond donors (Lipinski definition) is 0. The van der Waals surface area contributed by atoms with Crippen LogP contribution < -0.4 is 0 Å². The number of ether oxygens (including phenoxy) is 1. The largest absolute Gasteiger partial charge is 0.374 e. The van der Waals surface area contributed by atoms with Crippen molar-refractivity contribution in [1.29, 1.82) is 0 Å². The lowest BCUT2D eigenvalue weighted by Gasteiger charge is -2.27. The van der Waals surface area contributed by atoms with Crippen LogP contribution in [0.5, 0.6) is 0 Å². The number of carbonyl (C=O) groups is 1. The maximum absolute atomic E-state index is 12.3. The van der Waals surface area contributed by atoms with Crippen LogP contribution in [0, 0.1) is 0 Å². The number of carbonyl (C=O) groups excluding carboxylic acids is 1. The monoisotopic (exact) mass is 281 g/mol. The van der Waals surface area contributed by atoms with Crippen molar-refractivity contribution in [3.63, 3.8) is 0 Å². The minimum atomic E-state index is 0.114. The van der Waals surface area contributed by atoms with Gasteiger partial charge in [0.25, 0.3) is 5.91 Å². The maximum atomic E-state index is 12.3. The minimum Gasteiger partial charge on any atom is -0.374 e. The molecule has 2 heterocycles. The molecule has 3 rings (SSSR count). The molecule has 2 bridgehead atoms. The number of likely N-dealkylation sites (tertiary alicyclic amines) is 1. The van der Waals surface area contributed by atoms with Crippen LogP contribution in [0.2, 0.25) is 0 Å². The smallest absolute Gasteiger partial charge is 0.255 e. The summed E-state index contributed by atoms with van der Waals surface area (Å²) < 4.78 is 6.36. The second kappa shape index (κ2) is 3.86. The Kier molecular flexibility index (Phi) is 2.48. The molecule has 2 fully saturated rings. The predicted molar refractivity (Wildman–Crippen MR) is 63.3 cm³/mol. The summed E-state index contributed by atoms with van der Waals surface area (Å²) in [5.74, 6) is 0.114. The van der Waals surface area contributed by atoms with Gasteiger partial charge in [-0.25, -0.2) is 0 Å². The summed E-state index contributed by atoms with van der Waals surface area (Å²) in [6.45, 7) is 1.44. The maximum Gasteiger partial charge on any atom is 0.255 e. The van der Waals surface area contributed by atoms with Gasteiger partial charge in [0.1, 0.15) is 0 Å². The van der Waals surface area contributed by atoms with E-state index in [0.29, 0.717) is 6.61 Å². The summed E-state index contributed by atoms with van der Waals surface area (Å²) in [7, 11) is 0. The number of fused-ring (bicyclic) bond motifs is 2. The van der Waals surface area contributed by atoms with E-state index in [4.69, 9.17) is 4.74 Å². The minimum absolute atomic E-state index is 0.114. The normalized spacial score (nSPS) is 27.4. The van der Waals surface area contributed by atoms with E-state index in [-0.39, 0.29) is 18.1 Å². The van der Waals surface area contributed by atoms with Crippen LogP contribution in [0.3, 0.4) is 0 Å². The zero-order valence-electron chi connectivity index (χ0n) is 8.73. The molecule has 16 heavy (non-hydrogen) atoms. The molecule has 0 unspecified atom stereocenters. The molecule has 0 aliphatic carbocycles. The number of halogens is 1. The first kappa shape index (κ1) is 10.3. The molecule has 0 radical (unpaired) electrons. The molecule has 1 amide bonds. The molecule has 0 N–H and O–H groups in total. The molecular weight excluding hydrogens is 270 g/mol. The molecule has 0 spiro atoms. The number of benzene rings is 1. The second-order valence-electron chi connectivity index (χ2n) is 4.28. The zero-order valence-corrected chi connectivity index (χ0v) is 10.3. The third-order valence-corrected chi connectivity index (χ3v) is 3.96. The van der Waals surface area contributed by atoms with Gasteiger partial charge in [0.05, 0.1) is 24.3 Å². The van der Waals surface area contributed by atoms with Crippen LogP contribution in [-0.4, -0.2) is 36.1 Å². The van der Waals surface area contributed by atoms with Gasteiger partial charge in [-0.1, -0.05) is 12.1 Å². The van der Waals surface area contributed by atoms with Crippen LogP contribution in [0.15, 0.2) is 28.7 Å². The Morgan fingerprint density at radius 3 is 2.88 bits per heavy atom. The van der Waals surface area contributed by atoms with Crippen LogP contribution in [0.4, 0.5) is 0 Å². The van der Waals surface area contributed by atoms with Gasteiger partial charge >= 0.3 is 0 Å². The van der Waals surface area contributed by atoms with Gasteiger partial charge in [-0.05, 0) is 34.5 Å². The Hall–Kier alpha value is -0.870. The van der Waals surface area contributed by atoms with Crippen molar-refractivity contribution in [2.24, 2.45) is 0 Å². The van der Waals surface area contributed by atoms with E-state index in [0.717, 1.165) is 23.0 Å². The summed E-state index contributed by atoms with van der Waals surface area (Å²) in [5.41, 5.74) is 0.745. The van der Waals surface area contributed by atoms with Crippen molar-refractivity contribution in [1.82, 2.24) is 4.90 Å². The summed E-state index contributed by atoms with van der Waals surface area (Å²) in [4.78, 5) is 14.2. The van der Waals surface area contributed by atoms with Crippen molar-refractivity contribution in [2.75, 3.05) is 13.2 Å². The van der Waals surface area contributed by atoms with Crippen LogP contribution >= 0.6 is 15.9 Å². The molecule has 2 atom stereocenters. The summed E-state index contributed by atoms with van der Waals surface area (Å²) in [6, 6.07) is 7.85. The summed E-state index contributed by atoms with van der Waals surface area (Å²) >= 11 is 3.42. The van der Waals surface area contributed by atoms with E-state index < -0.39 is 0 Å². The van der Waals surface area contributed by atoms with E-state index in [9.17, 15) is 4.79 Å². The van der Waals surface area contributed by atoms with Crippen LogP contribution in [0.25, 0.3) is 0 Å². The standard InChI is InChI=1S/C12H12BrNO2/c13-11-4-2-1-3-10(11)12(15)14-6-9-5-8(14)7-16-9/h1-4,8-9H,5-7H2/t8-,9+/m0/s1. The first-order valence-electron chi connectivity index (χ1n) is 5.43. The SMILES string of the molecule is O=C(c1ccccc1Br)N1C[C@H]2C[C@H]1CO2. The van der Waals surface area contributed by atoms with Gasteiger partial charge < -0.3 is 9.64 Å². The van der Waals surface area contributed by atoms with Gasteiger partial charge in [-0.3, -0.25) is 4.79 Å². The second-order valence-corrected chi connectivity index (χ2v) is 5.14. The fraction of sp³-hybridized carbons (Fsp3) is 0.417. The molecule has 0 saturated carbocycles. The van der Waals surface area contributed by atoms with Gasteiger partial charge in [-0.15, -0.1) is 0 Å². The molecule has 1 aromatic rings. The van der Waals surface area contributed by atoms with Crippen molar-refractivity contribution in [3.8, 4) is 0 Å². The number of rotatable bonds is 1. The lowest BCUT2D eigenvalue weighted by atomic mass is 10.2. The summed E-state index contributed by atoms with van der Waals surface area (Å²) in [6.07, 6.45) is 1.26. The van der Waals surface area contributed by atoms with Crippen LogP contribution in [0.1, 0.15) is 16.8 Å². The van der Waals surface area contributed by atoms with Gasteiger partial charge in [0, 0.05) is 11.0 Å². The van der Waals surface area contributed by atoms with Crippen molar-refractivity contribution in [2.45, 2.75) is 18.6 Å². The Morgan fingerprint density at radius 1 is 1.44 bits per heavy atom. The van der Waals surface area contributed by atoms with Gasteiger partial charge in [-0.2, -0.15) is 0 Å². The van der Waals surface area contributed by atoms with Gasteiger partial charge in [0.15, 0.2) is 0 Å². The molecule has 3 nitrogen and oxygen atoms in total. The number of nitrogens with zero attached hydrogens (tertiary/aromatic N) is 1. The number of hydrogen-bond acceptors (Lipinski definition) is 2. The molecule has 2 aliphatic heterocycles. The van der Waals surface area contributed by atoms with Crippen molar-refractivity contribution >= 4 is 21.8 Å². The van der Waals surface area contributed by atoms with Crippen molar-refractivity contribution < 1.29 is 9.53 Å². The Labute approximate surface area is 103 Å². The molecule has 2 saturated heterocycles. The zero-order chi connectivity index (χ0) is 11.1. The third-order valence-electron chi connectivity index (χ3n) is 3.27. The average Bonchev–Trinajstić information content (AvgIpc) is 2.90. The Balaban J connectivity index is 1.86. The molecule has 4 heteroatoms. The fourth-order valence-electron chi connectivity index (χ4n) is 2.44. The molecule has 84 valence electrons. The highest BCUT2D eigenvalue weighted by Crippen LogP contribution is 2.30. The van der Waals surface area contributed by atoms with E-state index in [1.807, 2.05) is 29.2 Å². The van der Waals surface area contributed by atoms with Gasteiger partial charge in [0.2, 0.25) is 0 Å². The lowest BCUT2D eigenvalue weighted by Crippen LogP contribution is -2.41. The molecule has 1 aromatic carbocycles. The number of morpholine rings is 1. The highest BCUT2D eigenvalue weighted by atomic mass is 79.9. The topological polar surface area (TPSA) is 29.5 Å². The first-order chi connectivity index (χ1) is 7.75. The fourth-order valence-corrected chi connectivity index (χ4v) is 2.89. The lowest BCUT2D eigenvalue weighted by molar-refractivity contribution is 0.0258. The van der Waals surface area contributed by atoms with E-state index in [1.54, 1.807) is 0 Å². The molecule has 0 aromatic heterocycles. The third kappa shape index (κ3) is 1.57. The quantitative estimate of drug-likeness (QED) is 0.789.